The minimum atomic E-state index is -4.36. The van der Waals surface area contributed by atoms with Gasteiger partial charge in [-0.2, -0.15) is 0 Å². The van der Waals surface area contributed by atoms with Crippen molar-refractivity contribution in [1.82, 2.24) is 0 Å². The SMILES string of the molecule is [N-]=[N+]=NS(=O)(=O)c1ccc(C(=O)O)c(C(=O)O)c1. The quantitative estimate of drug-likeness (QED) is 0.473. The maximum atomic E-state index is 11.3. The van der Waals surface area contributed by atoms with Crippen molar-refractivity contribution in [3.8, 4) is 0 Å². The summed E-state index contributed by atoms with van der Waals surface area (Å²) in [5.41, 5.74) is 6.77. The maximum Gasteiger partial charge on any atom is 0.336 e. The predicted octanol–water partition coefficient (Wildman–Crippen LogP) is 1.08. The van der Waals surface area contributed by atoms with Crippen LogP contribution in [0.3, 0.4) is 0 Å². The number of azide groups is 1. The van der Waals surface area contributed by atoms with Gasteiger partial charge in [-0.15, -0.1) is 0 Å². The van der Waals surface area contributed by atoms with Crippen molar-refractivity contribution in [2.45, 2.75) is 4.90 Å². The highest BCUT2D eigenvalue weighted by Gasteiger charge is 2.20. The second-order valence-corrected chi connectivity index (χ2v) is 4.55. The average molecular weight is 271 g/mol. The molecular weight excluding hydrogens is 266 g/mol. The fraction of sp³-hybridized carbons (Fsp3) is 0. The molecular formula is C8H5N3O6S. The summed E-state index contributed by atoms with van der Waals surface area (Å²) in [4.78, 5) is 23.0. The van der Waals surface area contributed by atoms with Crippen molar-refractivity contribution in [3.63, 3.8) is 0 Å². The minimum absolute atomic E-state index is 0.567. The molecule has 0 saturated carbocycles. The smallest absolute Gasteiger partial charge is 0.336 e. The van der Waals surface area contributed by atoms with Crippen LogP contribution in [0.5, 0.6) is 0 Å². The predicted molar refractivity (Wildman–Crippen MR) is 56.7 cm³/mol. The molecule has 0 unspecified atom stereocenters. The molecule has 0 fully saturated rings. The Morgan fingerprint density at radius 1 is 1.17 bits per heavy atom. The molecule has 1 aromatic rings. The van der Waals surface area contributed by atoms with Crippen molar-refractivity contribution < 1.29 is 28.2 Å². The fourth-order valence-electron chi connectivity index (χ4n) is 1.14. The van der Waals surface area contributed by atoms with Crippen LogP contribution in [0.4, 0.5) is 0 Å². The monoisotopic (exact) mass is 271 g/mol. The van der Waals surface area contributed by atoms with Crippen LogP contribution >= 0.6 is 0 Å². The molecule has 2 N–H and O–H groups in total. The highest BCUT2D eigenvalue weighted by molar-refractivity contribution is 7.90. The Morgan fingerprint density at radius 3 is 2.17 bits per heavy atom. The van der Waals surface area contributed by atoms with Gasteiger partial charge < -0.3 is 10.2 Å². The number of rotatable bonds is 4. The molecule has 0 aliphatic carbocycles. The molecule has 0 aromatic heterocycles. The van der Waals surface area contributed by atoms with Gasteiger partial charge in [-0.05, 0) is 23.7 Å². The van der Waals surface area contributed by atoms with Crippen molar-refractivity contribution in [3.05, 3.63) is 39.8 Å². The van der Waals surface area contributed by atoms with Gasteiger partial charge in [0.05, 0.1) is 16.0 Å². The molecule has 10 heteroatoms. The van der Waals surface area contributed by atoms with E-state index in [0.717, 1.165) is 12.1 Å². The van der Waals surface area contributed by atoms with E-state index in [-0.39, 0.29) is 0 Å². The third-order valence-corrected chi connectivity index (χ3v) is 3.03. The molecule has 94 valence electrons. The molecule has 9 nitrogen and oxygen atoms in total. The molecule has 0 amide bonds. The Hall–Kier alpha value is -2.58. The van der Waals surface area contributed by atoms with Crippen LogP contribution in [0.1, 0.15) is 20.7 Å². The van der Waals surface area contributed by atoms with Crippen LogP contribution in [0.25, 0.3) is 10.4 Å². The number of sulfonamides is 1. The minimum Gasteiger partial charge on any atom is -0.478 e. The topological polar surface area (TPSA) is 158 Å². The summed E-state index contributed by atoms with van der Waals surface area (Å²) in [6.07, 6.45) is 0. The Morgan fingerprint density at radius 2 is 1.72 bits per heavy atom. The van der Waals surface area contributed by atoms with Gasteiger partial charge >= 0.3 is 11.9 Å². The van der Waals surface area contributed by atoms with Gasteiger partial charge in [-0.3, -0.25) is 0 Å². The van der Waals surface area contributed by atoms with Crippen molar-refractivity contribution in [2.24, 2.45) is 4.52 Å². The average Bonchev–Trinajstić information content (AvgIpc) is 2.27. The van der Waals surface area contributed by atoms with Crippen LogP contribution < -0.4 is 0 Å². The van der Waals surface area contributed by atoms with E-state index in [1.165, 1.54) is 0 Å². The molecule has 0 aliphatic rings. The second-order valence-electron chi connectivity index (χ2n) is 2.96. The molecule has 0 atom stereocenters. The van der Waals surface area contributed by atoms with Crippen molar-refractivity contribution in [1.29, 1.82) is 0 Å². The lowest BCUT2D eigenvalue weighted by molar-refractivity contribution is 0.0651. The zero-order chi connectivity index (χ0) is 13.9. The maximum absolute atomic E-state index is 11.3. The van der Waals surface area contributed by atoms with Gasteiger partial charge in [0.2, 0.25) is 0 Å². The molecule has 1 rings (SSSR count). The zero-order valence-electron chi connectivity index (χ0n) is 8.51. The van der Waals surface area contributed by atoms with Crippen LogP contribution in [0.15, 0.2) is 27.6 Å². The Labute approximate surface area is 100.0 Å². The lowest BCUT2D eigenvalue weighted by Crippen LogP contribution is -2.09. The summed E-state index contributed by atoms with van der Waals surface area (Å²) >= 11 is 0. The van der Waals surface area contributed by atoms with Gasteiger partial charge in [0.1, 0.15) is 0 Å². The molecule has 0 heterocycles. The summed E-state index contributed by atoms with van der Waals surface area (Å²) < 4.78 is 25.2. The van der Waals surface area contributed by atoms with Crippen molar-refractivity contribution in [2.75, 3.05) is 0 Å². The number of carbonyl (C=O) groups is 2. The lowest BCUT2D eigenvalue weighted by atomic mass is 10.1. The molecule has 0 saturated heterocycles. The van der Waals surface area contributed by atoms with E-state index in [1.54, 1.807) is 0 Å². The van der Waals surface area contributed by atoms with E-state index < -0.39 is 38.0 Å². The molecule has 0 radical (unpaired) electrons. The van der Waals surface area contributed by atoms with Crippen LogP contribution in [0.2, 0.25) is 0 Å². The number of carboxylic acid groups (broad SMARTS) is 2. The number of hydrogen-bond acceptors (Lipinski definition) is 4. The summed E-state index contributed by atoms with van der Waals surface area (Å²) in [6, 6.07) is 2.28. The third-order valence-electron chi connectivity index (χ3n) is 1.89. The van der Waals surface area contributed by atoms with Crippen LogP contribution in [-0.2, 0) is 10.0 Å². The summed E-state index contributed by atoms with van der Waals surface area (Å²) in [5, 5.41) is 17.5. The molecule has 0 bridgehead atoms. The zero-order valence-corrected chi connectivity index (χ0v) is 9.33. The lowest BCUT2D eigenvalue weighted by Gasteiger charge is -2.03. The number of carboxylic acids is 2. The normalized spacial score (nSPS) is 10.4. The van der Waals surface area contributed by atoms with Gasteiger partial charge in [0, 0.05) is 9.43 Å². The first-order valence-electron chi connectivity index (χ1n) is 4.21. The van der Waals surface area contributed by atoms with E-state index in [1.807, 2.05) is 0 Å². The van der Waals surface area contributed by atoms with E-state index in [4.69, 9.17) is 15.7 Å². The fourth-order valence-corrected chi connectivity index (χ4v) is 1.84. The van der Waals surface area contributed by atoms with Crippen LogP contribution in [0, 0.1) is 0 Å². The Kier molecular flexibility index (Phi) is 3.55. The Balaban J connectivity index is 3.55. The standard InChI is InChI=1S/C8H5N3O6S/c9-10-11-18(16,17)4-1-2-5(7(12)13)6(3-4)8(14)15/h1-3H,(H,12,13)(H,14,15). The highest BCUT2D eigenvalue weighted by atomic mass is 32.2. The van der Waals surface area contributed by atoms with E-state index in [0.29, 0.717) is 6.07 Å². The second kappa shape index (κ2) is 4.73. The third kappa shape index (κ3) is 2.56. The molecule has 18 heavy (non-hydrogen) atoms. The first kappa shape index (κ1) is 13.5. The first-order valence-corrected chi connectivity index (χ1v) is 5.65. The molecule has 0 spiro atoms. The van der Waals surface area contributed by atoms with Gasteiger partial charge in [-0.1, -0.05) is 0 Å². The summed E-state index contributed by atoms with van der Waals surface area (Å²) in [5.74, 6) is -3.12. The van der Waals surface area contributed by atoms with Gasteiger partial charge in [0.15, 0.2) is 0 Å². The van der Waals surface area contributed by atoms with Gasteiger partial charge in [0.25, 0.3) is 10.0 Å². The number of aromatic carboxylic acids is 2. The van der Waals surface area contributed by atoms with Crippen LogP contribution in [-0.4, -0.2) is 30.6 Å². The number of benzene rings is 1. The number of hydrogen-bond donors (Lipinski definition) is 2. The van der Waals surface area contributed by atoms with Crippen molar-refractivity contribution >= 4 is 22.0 Å². The van der Waals surface area contributed by atoms with Gasteiger partial charge in [-0.25, -0.2) is 18.0 Å². The molecule has 1 aromatic carbocycles. The number of nitrogens with zero attached hydrogens (tertiary/aromatic N) is 3. The summed E-state index contributed by atoms with van der Waals surface area (Å²) in [7, 11) is -4.36. The largest absolute Gasteiger partial charge is 0.478 e. The molecule has 0 aliphatic heterocycles. The first-order chi connectivity index (χ1) is 8.29. The highest BCUT2D eigenvalue weighted by Crippen LogP contribution is 2.18. The van der Waals surface area contributed by atoms with E-state index in [9.17, 15) is 18.0 Å². The van der Waals surface area contributed by atoms with E-state index >= 15 is 0 Å². The summed E-state index contributed by atoms with van der Waals surface area (Å²) in [6.45, 7) is 0. The van der Waals surface area contributed by atoms with E-state index in [2.05, 4.69) is 9.43 Å². The Bertz CT molecular complexity index is 674.